The van der Waals surface area contributed by atoms with Crippen molar-refractivity contribution < 1.29 is 8.42 Å². The van der Waals surface area contributed by atoms with Crippen LogP contribution in [-0.4, -0.2) is 14.7 Å². The summed E-state index contributed by atoms with van der Waals surface area (Å²) in [6.45, 7) is 5.65. The first-order chi connectivity index (χ1) is 6.62. The van der Waals surface area contributed by atoms with Gasteiger partial charge in [-0.3, -0.25) is 0 Å². The second kappa shape index (κ2) is 3.61. The molecule has 0 bridgehead atoms. The Morgan fingerprint density at radius 3 is 2.20 bits per heavy atom. The van der Waals surface area contributed by atoms with E-state index in [4.69, 9.17) is 5.73 Å². The molecule has 1 aromatic rings. The second-order valence-corrected chi connectivity index (χ2v) is 6.49. The predicted molar refractivity (Wildman–Crippen MR) is 61.5 cm³/mol. The van der Waals surface area contributed by atoms with Crippen LogP contribution < -0.4 is 5.73 Å². The van der Waals surface area contributed by atoms with E-state index < -0.39 is 15.4 Å². The van der Waals surface area contributed by atoms with Crippen LogP contribution >= 0.6 is 0 Å². The number of sulfone groups is 1. The molecule has 0 aliphatic rings. The molecule has 0 spiro atoms. The summed E-state index contributed by atoms with van der Waals surface area (Å²) < 4.78 is 22.8. The Morgan fingerprint density at radius 1 is 1.27 bits per heavy atom. The summed E-state index contributed by atoms with van der Waals surface area (Å²) >= 11 is 0. The quantitative estimate of drug-likeness (QED) is 0.834. The van der Waals surface area contributed by atoms with Gasteiger partial charge in [-0.15, -0.1) is 0 Å². The zero-order valence-electron chi connectivity index (χ0n) is 9.53. The zero-order chi connectivity index (χ0) is 11.9. The van der Waals surface area contributed by atoms with Crippen LogP contribution in [0.4, 0.5) is 0 Å². The van der Waals surface area contributed by atoms with Crippen molar-refractivity contribution in [3.63, 3.8) is 0 Å². The average molecular weight is 227 g/mol. The fourth-order valence-corrected chi connectivity index (χ4v) is 2.17. The number of benzene rings is 1. The highest BCUT2D eigenvalue weighted by Crippen LogP contribution is 2.24. The molecule has 84 valence electrons. The van der Waals surface area contributed by atoms with Gasteiger partial charge in [0.05, 0.1) is 4.90 Å². The van der Waals surface area contributed by atoms with E-state index in [0.717, 1.165) is 11.1 Å². The summed E-state index contributed by atoms with van der Waals surface area (Å²) in [5.74, 6) is 0. The van der Waals surface area contributed by atoms with Crippen molar-refractivity contribution in [3.05, 3.63) is 29.3 Å². The standard InChI is InChI=1S/C11H17NO2S/c1-8-5-6-9(15(4,13)14)7-10(8)11(2,3)12/h5-7H,12H2,1-4H3. The molecule has 0 unspecified atom stereocenters. The molecule has 1 aromatic carbocycles. The molecule has 2 N–H and O–H groups in total. The Balaban J connectivity index is 3.43. The number of hydrogen-bond donors (Lipinski definition) is 1. The van der Waals surface area contributed by atoms with E-state index in [2.05, 4.69) is 0 Å². The molecule has 0 saturated carbocycles. The summed E-state index contributed by atoms with van der Waals surface area (Å²) in [6, 6.07) is 5.06. The van der Waals surface area contributed by atoms with Gasteiger partial charge in [0.25, 0.3) is 0 Å². The highest BCUT2D eigenvalue weighted by molar-refractivity contribution is 7.90. The molecule has 0 aliphatic heterocycles. The predicted octanol–water partition coefficient (Wildman–Crippen LogP) is 1.59. The minimum Gasteiger partial charge on any atom is -0.322 e. The van der Waals surface area contributed by atoms with E-state index in [0.29, 0.717) is 4.90 Å². The van der Waals surface area contributed by atoms with Crippen molar-refractivity contribution >= 4 is 9.84 Å². The lowest BCUT2D eigenvalue weighted by Crippen LogP contribution is -2.29. The number of aryl methyl sites for hydroxylation is 1. The first kappa shape index (κ1) is 12.2. The summed E-state index contributed by atoms with van der Waals surface area (Å²) in [5.41, 5.74) is 7.33. The highest BCUT2D eigenvalue weighted by atomic mass is 32.2. The van der Waals surface area contributed by atoms with Crippen molar-refractivity contribution in [2.24, 2.45) is 5.73 Å². The molecule has 15 heavy (non-hydrogen) atoms. The van der Waals surface area contributed by atoms with Gasteiger partial charge in [0.15, 0.2) is 9.84 Å². The maximum absolute atomic E-state index is 11.4. The molecule has 0 atom stereocenters. The normalized spacial score (nSPS) is 12.9. The first-order valence-electron chi connectivity index (χ1n) is 4.72. The zero-order valence-corrected chi connectivity index (χ0v) is 10.4. The molecule has 0 fully saturated rings. The molecular weight excluding hydrogens is 210 g/mol. The summed E-state index contributed by atoms with van der Waals surface area (Å²) in [7, 11) is -3.16. The third-order valence-corrected chi connectivity index (χ3v) is 3.44. The minimum absolute atomic E-state index is 0.321. The van der Waals surface area contributed by atoms with Crippen molar-refractivity contribution in [1.29, 1.82) is 0 Å². The Kier molecular flexibility index (Phi) is 2.94. The largest absolute Gasteiger partial charge is 0.322 e. The molecule has 0 radical (unpaired) electrons. The molecule has 0 heterocycles. The third-order valence-electron chi connectivity index (χ3n) is 2.33. The summed E-state index contributed by atoms with van der Waals surface area (Å²) in [5, 5.41) is 0. The molecular formula is C11H17NO2S. The molecule has 0 aliphatic carbocycles. The van der Waals surface area contributed by atoms with Crippen LogP contribution in [0.5, 0.6) is 0 Å². The number of rotatable bonds is 2. The van der Waals surface area contributed by atoms with Crippen LogP contribution in [0.15, 0.2) is 23.1 Å². The van der Waals surface area contributed by atoms with E-state index in [9.17, 15) is 8.42 Å². The summed E-state index contributed by atoms with van der Waals surface area (Å²) in [4.78, 5) is 0.321. The Hall–Kier alpha value is -0.870. The molecule has 0 saturated heterocycles. The van der Waals surface area contributed by atoms with Crippen LogP contribution in [0.25, 0.3) is 0 Å². The van der Waals surface area contributed by atoms with Gasteiger partial charge in [0.2, 0.25) is 0 Å². The highest BCUT2D eigenvalue weighted by Gasteiger charge is 2.19. The van der Waals surface area contributed by atoms with E-state index in [1.54, 1.807) is 18.2 Å². The van der Waals surface area contributed by atoms with Crippen molar-refractivity contribution in [2.75, 3.05) is 6.26 Å². The van der Waals surface area contributed by atoms with Crippen LogP contribution in [0.3, 0.4) is 0 Å². The Morgan fingerprint density at radius 2 is 1.80 bits per heavy atom. The lowest BCUT2D eigenvalue weighted by atomic mass is 9.92. The van der Waals surface area contributed by atoms with E-state index in [1.165, 1.54) is 6.26 Å². The molecule has 0 aromatic heterocycles. The fraction of sp³-hybridized carbons (Fsp3) is 0.455. The van der Waals surface area contributed by atoms with Crippen LogP contribution in [0, 0.1) is 6.92 Å². The van der Waals surface area contributed by atoms with Gasteiger partial charge in [0, 0.05) is 11.8 Å². The van der Waals surface area contributed by atoms with Crippen LogP contribution in [0.1, 0.15) is 25.0 Å². The molecule has 0 amide bonds. The van der Waals surface area contributed by atoms with Crippen molar-refractivity contribution in [3.8, 4) is 0 Å². The lowest BCUT2D eigenvalue weighted by Gasteiger charge is -2.22. The second-order valence-electron chi connectivity index (χ2n) is 4.47. The average Bonchev–Trinajstić information content (AvgIpc) is 2.00. The maximum atomic E-state index is 11.4. The van der Waals surface area contributed by atoms with Crippen LogP contribution in [0.2, 0.25) is 0 Å². The molecule has 4 heteroatoms. The lowest BCUT2D eigenvalue weighted by molar-refractivity contribution is 0.548. The van der Waals surface area contributed by atoms with Crippen molar-refractivity contribution in [2.45, 2.75) is 31.2 Å². The SMILES string of the molecule is Cc1ccc(S(C)(=O)=O)cc1C(C)(C)N. The molecule has 1 rings (SSSR count). The fourth-order valence-electron chi connectivity index (χ4n) is 1.53. The van der Waals surface area contributed by atoms with E-state index in [1.807, 2.05) is 20.8 Å². The van der Waals surface area contributed by atoms with E-state index >= 15 is 0 Å². The van der Waals surface area contributed by atoms with Gasteiger partial charge >= 0.3 is 0 Å². The number of hydrogen-bond acceptors (Lipinski definition) is 3. The van der Waals surface area contributed by atoms with Gasteiger partial charge in [0.1, 0.15) is 0 Å². The monoisotopic (exact) mass is 227 g/mol. The smallest absolute Gasteiger partial charge is 0.175 e. The van der Waals surface area contributed by atoms with E-state index in [-0.39, 0.29) is 0 Å². The maximum Gasteiger partial charge on any atom is 0.175 e. The van der Waals surface area contributed by atoms with Gasteiger partial charge in [-0.25, -0.2) is 8.42 Å². The minimum atomic E-state index is -3.16. The topological polar surface area (TPSA) is 60.2 Å². The van der Waals surface area contributed by atoms with Crippen molar-refractivity contribution in [1.82, 2.24) is 0 Å². The Bertz CT molecular complexity index is 470. The third kappa shape index (κ3) is 2.79. The number of nitrogens with two attached hydrogens (primary N) is 1. The van der Waals surface area contributed by atoms with Gasteiger partial charge in [-0.2, -0.15) is 0 Å². The van der Waals surface area contributed by atoms with Gasteiger partial charge in [-0.05, 0) is 44.0 Å². The summed E-state index contributed by atoms with van der Waals surface area (Å²) in [6.07, 6.45) is 1.20. The van der Waals surface area contributed by atoms with Gasteiger partial charge in [-0.1, -0.05) is 6.07 Å². The first-order valence-corrected chi connectivity index (χ1v) is 6.61. The van der Waals surface area contributed by atoms with Gasteiger partial charge < -0.3 is 5.73 Å². The Labute approximate surface area is 91.2 Å². The van der Waals surface area contributed by atoms with Crippen LogP contribution in [-0.2, 0) is 15.4 Å². The molecule has 3 nitrogen and oxygen atoms in total.